The van der Waals surface area contributed by atoms with Crippen LogP contribution >= 0.6 is 0 Å². The number of hydrogen-bond acceptors (Lipinski definition) is 3. The molecule has 2 saturated heterocycles. The summed E-state index contributed by atoms with van der Waals surface area (Å²) in [4.78, 5) is 28.8. The van der Waals surface area contributed by atoms with Crippen molar-refractivity contribution in [1.82, 2.24) is 9.80 Å². The van der Waals surface area contributed by atoms with Gasteiger partial charge in [-0.25, -0.2) is 8.78 Å². The average Bonchev–Trinajstić information content (AvgIpc) is 2.83. The molecule has 0 aliphatic carbocycles. The van der Waals surface area contributed by atoms with Crippen molar-refractivity contribution >= 4 is 11.8 Å². The summed E-state index contributed by atoms with van der Waals surface area (Å²) in [5, 5.41) is 0. The molecule has 0 saturated carbocycles. The highest BCUT2D eigenvalue weighted by Gasteiger charge is 2.28. The third kappa shape index (κ3) is 5.09. The number of amides is 2. The predicted octanol–water partition coefficient (Wildman–Crippen LogP) is 4.52. The molecule has 2 aromatic rings. The summed E-state index contributed by atoms with van der Waals surface area (Å²) in [5.41, 5.74) is 0.109. The Kier molecular flexibility index (Phi) is 7.02. The second-order valence-electron chi connectivity index (χ2n) is 8.55. The van der Waals surface area contributed by atoms with Crippen LogP contribution in [0.5, 0.6) is 5.75 Å². The van der Waals surface area contributed by atoms with Crippen molar-refractivity contribution in [2.45, 2.75) is 32.1 Å². The van der Waals surface area contributed by atoms with Crippen molar-refractivity contribution < 1.29 is 23.1 Å². The zero-order chi connectivity index (χ0) is 22.5. The minimum absolute atomic E-state index is 0.0245. The molecule has 4 rings (SSSR count). The Bertz CT molecular complexity index is 955. The topological polar surface area (TPSA) is 49.9 Å². The number of carbonyl (C=O) groups is 2. The molecule has 2 heterocycles. The zero-order valence-electron chi connectivity index (χ0n) is 18.1. The maximum atomic E-state index is 14.0. The molecule has 0 radical (unpaired) electrons. The molecule has 0 aromatic heterocycles. The van der Waals surface area contributed by atoms with Gasteiger partial charge in [0.05, 0.1) is 6.61 Å². The molecule has 2 aliphatic rings. The van der Waals surface area contributed by atoms with Gasteiger partial charge in [-0.15, -0.1) is 0 Å². The molecular weight excluding hydrogens is 414 g/mol. The molecule has 1 unspecified atom stereocenters. The van der Waals surface area contributed by atoms with Crippen LogP contribution in [0, 0.1) is 17.6 Å². The van der Waals surface area contributed by atoms with Crippen molar-refractivity contribution in [2.24, 2.45) is 5.92 Å². The third-order valence-electron chi connectivity index (χ3n) is 6.19. The first-order chi connectivity index (χ1) is 15.5. The van der Waals surface area contributed by atoms with Gasteiger partial charge in [0.2, 0.25) is 0 Å². The number of piperidine rings is 2. The van der Waals surface area contributed by atoms with Crippen LogP contribution in [0.4, 0.5) is 8.78 Å². The van der Waals surface area contributed by atoms with Crippen LogP contribution in [0.25, 0.3) is 0 Å². The van der Waals surface area contributed by atoms with Crippen molar-refractivity contribution in [1.29, 1.82) is 0 Å². The van der Waals surface area contributed by atoms with Gasteiger partial charge in [0.15, 0.2) is 0 Å². The molecule has 7 heteroatoms. The number of halogens is 2. The molecule has 32 heavy (non-hydrogen) atoms. The number of hydrogen-bond donors (Lipinski definition) is 0. The van der Waals surface area contributed by atoms with Gasteiger partial charge in [-0.3, -0.25) is 9.59 Å². The molecule has 0 bridgehead atoms. The number of rotatable bonds is 5. The smallest absolute Gasteiger partial charge is 0.259 e. The molecule has 170 valence electrons. The summed E-state index contributed by atoms with van der Waals surface area (Å²) < 4.78 is 34.0. The summed E-state index contributed by atoms with van der Waals surface area (Å²) in [6.45, 7) is 2.78. The lowest BCUT2D eigenvalue weighted by Gasteiger charge is -2.33. The fraction of sp³-hybridized carbons (Fsp3) is 0.440. The molecule has 2 aliphatic heterocycles. The summed E-state index contributed by atoms with van der Waals surface area (Å²) in [6.07, 6.45) is 4.84. The first-order valence-electron chi connectivity index (χ1n) is 11.3. The molecule has 2 aromatic carbocycles. The van der Waals surface area contributed by atoms with Crippen LogP contribution in [0.2, 0.25) is 0 Å². The third-order valence-corrected chi connectivity index (χ3v) is 6.19. The van der Waals surface area contributed by atoms with Gasteiger partial charge in [0.1, 0.15) is 22.9 Å². The minimum atomic E-state index is -0.844. The molecule has 0 spiro atoms. The second-order valence-corrected chi connectivity index (χ2v) is 8.55. The Labute approximate surface area is 187 Å². The van der Waals surface area contributed by atoms with Crippen LogP contribution in [-0.4, -0.2) is 54.4 Å². The van der Waals surface area contributed by atoms with E-state index in [4.69, 9.17) is 4.74 Å². The van der Waals surface area contributed by atoms with E-state index in [-0.39, 0.29) is 11.8 Å². The molecule has 2 fully saturated rings. The van der Waals surface area contributed by atoms with Gasteiger partial charge in [0, 0.05) is 37.7 Å². The van der Waals surface area contributed by atoms with Crippen molar-refractivity contribution in [3.8, 4) is 5.75 Å². The standard InChI is InChI=1S/C25H28F2N2O3/c26-21-10-5-11-22(27)23(21)25(31)29-14-6-7-18(16-29)17-32-20-9-4-8-19(15-20)24(30)28-12-2-1-3-13-28/h4-5,8-11,15,18H,1-3,6-7,12-14,16-17H2. The Hall–Kier alpha value is -2.96. The number of ether oxygens (including phenoxy) is 1. The fourth-order valence-corrected chi connectivity index (χ4v) is 4.46. The highest BCUT2D eigenvalue weighted by Crippen LogP contribution is 2.23. The maximum Gasteiger partial charge on any atom is 0.259 e. The SMILES string of the molecule is O=C(c1cccc(OCC2CCCN(C(=O)c3c(F)cccc3F)C2)c1)N1CCCCC1. The lowest BCUT2D eigenvalue weighted by Crippen LogP contribution is -2.42. The highest BCUT2D eigenvalue weighted by atomic mass is 19.1. The van der Waals surface area contributed by atoms with Gasteiger partial charge in [-0.05, 0) is 62.4 Å². The summed E-state index contributed by atoms with van der Waals surface area (Å²) in [7, 11) is 0. The minimum Gasteiger partial charge on any atom is -0.493 e. The molecule has 2 amide bonds. The first kappa shape index (κ1) is 22.2. The van der Waals surface area contributed by atoms with Crippen LogP contribution in [-0.2, 0) is 0 Å². The number of carbonyl (C=O) groups excluding carboxylic acids is 2. The normalized spacial score (nSPS) is 19.0. The van der Waals surface area contributed by atoms with Gasteiger partial charge < -0.3 is 14.5 Å². The zero-order valence-corrected chi connectivity index (χ0v) is 18.1. The second kappa shape index (κ2) is 10.1. The maximum absolute atomic E-state index is 14.0. The Morgan fingerprint density at radius 1 is 0.875 bits per heavy atom. The van der Waals surface area contributed by atoms with E-state index in [0.29, 0.717) is 31.0 Å². The first-order valence-corrected chi connectivity index (χ1v) is 11.3. The van der Waals surface area contributed by atoms with Crippen LogP contribution < -0.4 is 4.74 Å². The van der Waals surface area contributed by atoms with Crippen LogP contribution in [0.15, 0.2) is 42.5 Å². The Morgan fingerprint density at radius 2 is 1.56 bits per heavy atom. The van der Waals surface area contributed by atoms with E-state index < -0.39 is 23.1 Å². The molecule has 1 atom stereocenters. The Morgan fingerprint density at radius 3 is 2.31 bits per heavy atom. The van der Waals surface area contributed by atoms with Gasteiger partial charge in [-0.1, -0.05) is 12.1 Å². The van der Waals surface area contributed by atoms with E-state index in [0.717, 1.165) is 57.3 Å². The predicted molar refractivity (Wildman–Crippen MR) is 117 cm³/mol. The monoisotopic (exact) mass is 442 g/mol. The number of likely N-dealkylation sites (tertiary alicyclic amines) is 2. The lowest BCUT2D eigenvalue weighted by atomic mass is 9.98. The summed E-state index contributed by atoms with van der Waals surface area (Å²) in [6, 6.07) is 10.6. The van der Waals surface area contributed by atoms with Gasteiger partial charge in [-0.2, -0.15) is 0 Å². The number of nitrogens with zero attached hydrogens (tertiary/aromatic N) is 2. The van der Waals surface area contributed by atoms with E-state index in [1.165, 1.54) is 11.0 Å². The van der Waals surface area contributed by atoms with E-state index >= 15 is 0 Å². The average molecular weight is 443 g/mol. The quantitative estimate of drug-likeness (QED) is 0.684. The molecule has 0 N–H and O–H groups in total. The molecular formula is C25H28F2N2O3. The van der Waals surface area contributed by atoms with Crippen molar-refractivity contribution in [3.05, 3.63) is 65.2 Å². The summed E-state index contributed by atoms with van der Waals surface area (Å²) >= 11 is 0. The van der Waals surface area contributed by atoms with E-state index in [9.17, 15) is 18.4 Å². The number of benzene rings is 2. The lowest BCUT2D eigenvalue weighted by molar-refractivity contribution is 0.0622. The largest absolute Gasteiger partial charge is 0.493 e. The summed E-state index contributed by atoms with van der Waals surface area (Å²) in [5.74, 6) is -1.64. The Balaban J connectivity index is 1.36. The van der Waals surface area contributed by atoms with Crippen LogP contribution in [0.1, 0.15) is 52.8 Å². The van der Waals surface area contributed by atoms with Crippen molar-refractivity contribution in [3.63, 3.8) is 0 Å². The van der Waals surface area contributed by atoms with Crippen LogP contribution in [0.3, 0.4) is 0 Å². The van der Waals surface area contributed by atoms with Gasteiger partial charge >= 0.3 is 0 Å². The van der Waals surface area contributed by atoms with Crippen molar-refractivity contribution in [2.75, 3.05) is 32.8 Å². The van der Waals surface area contributed by atoms with E-state index in [1.807, 2.05) is 17.0 Å². The van der Waals surface area contributed by atoms with E-state index in [2.05, 4.69) is 0 Å². The highest BCUT2D eigenvalue weighted by molar-refractivity contribution is 5.95. The fourth-order valence-electron chi connectivity index (χ4n) is 4.46. The molecule has 5 nitrogen and oxygen atoms in total. The van der Waals surface area contributed by atoms with Gasteiger partial charge in [0.25, 0.3) is 11.8 Å². The van der Waals surface area contributed by atoms with E-state index in [1.54, 1.807) is 12.1 Å².